The summed E-state index contributed by atoms with van der Waals surface area (Å²) >= 11 is 12.3. The van der Waals surface area contributed by atoms with E-state index in [0.29, 0.717) is 43.4 Å². The number of nitrogens with zero attached hydrogens (tertiary/aromatic N) is 4. The van der Waals surface area contributed by atoms with Gasteiger partial charge in [0.15, 0.2) is 11.5 Å². The van der Waals surface area contributed by atoms with Crippen LogP contribution in [-0.2, 0) is 6.61 Å². The van der Waals surface area contributed by atoms with Crippen LogP contribution in [-0.4, -0.2) is 20.8 Å². The van der Waals surface area contributed by atoms with E-state index >= 15 is 0 Å². The number of hydrogen-bond donors (Lipinski definition) is 0. The predicted octanol–water partition coefficient (Wildman–Crippen LogP) is 7.49. The molecule has 6 rings (SSSR count). The van der Waals surface area contributed by atoms with Crippen LogP contribution in [0.15, 0.2) is 105 Å². The van der Waals surface area contributed by atoms with Crippen LogP contribution in [0.2, 0.25) is 10.0 Å². The molecule has 4 aromatic carbocycles. The highest BCUT2D eigenvalue weighted by Crippen LogP contribution is 2.31. The lowest BCUT2D eigenvalue weighted by Crippen LogP contribution is -2.20. The van der Waals surface area contributed by atoms with Gasteiger partial charge in [-0.25, -0.2) is 4.98 Å². The monoisotopic (exact) mass is 584 g/mol. The fourth-order valence-electron chi connectivity index (χ4n) is 4.29. The summed E-state index contributed by atoms with van der Waals surface area (Å²) in [6.45, 7) is 0.0537. The quantitative estimate of drug-likeness (QED) is 0.109. The summed E-state index contributed by atoms with van der Waals surface area (Å²) in [4.78, 5) is 29.4. The van der Waals surface area contributed by atoms with Gasteiger partial charge in [0.25, 0.3) is 5.56 Å². The Kier molecular flexibility index (Phi) is 6.96. The van der Waals surface area contributed by atoms with E-state index in [-0.39, 0.29) is 23.9 Å². The van der Waals surface area contributed by atoms with Crippen molar-refractivity contribution in [2.45, 2.75) is 6.61 Å². The fraction of sp³-hybridized carbons (Fsp3) is 0.0333. The molecule has 41 heavy (non-hydrogen) atoms. The molecule has 0 aliphatic rings. The number of ether oxygens (including phenoxy) is 1. The third kappa shape index (κ3) is 5.28. The van der Waals surface area contributed by atoms with Crippen molar-refractivity contribution < 1.29 is 14.1 Å². The second-order valence-corrected chi connectivity index (χ2v) is 9.81. The zero-order valence-corrected chi connectivity index (χ0v) is 22.5. The van der Waals surface area contributed by atoms with Crippen LogP contribution in [0.25, 0.3) is 33.5 Å². The van der Waals surface area contributed by atoms with Crippen LogP contribution < -0.4 is 10.3 Å². The number of fused-ring (bicyclic) bond motifs is 2. The predicted molar refractivity (Wildman–Crippen MR) is 158 cm³/mol. The highest BCUT2D eigenvalue weighted by molar-refractivity contribution is 6.31. The van der Waals surface area contributed by atoms with Crippen LogP contribution in [0.4, 0.5) is 5.69 Å². The van der Waals surface area contributed by atoms with E-state index in [1.807, 2.05) is 0 Å². The van der Waals surface area contributed by atoms with Crippen LogP contribution in [0.5, 0.6) is 5.75 Å². The van der Waals surface area contributed by atoms with Gasteiger partial charge in [-0.1, -0.05) is 53.5 Å². The molecule has 0 spiro atoms. The van der Waals surface area contributed by atoms with Gasteiger partial charge in [0.2, 0.25) is 5.82 Å². The summed E-state index contributed by atoms with van der Waals surface area (Å²) in [5.41, 5.74) is 1.38. The van der Waals surface area contributed by atoms with E-state index in [1.165, 1.54) is 18.3 Å². The molecule has 0 unspecified atom stereocenters. The topological polar surface area (TPSA) is 113 Å². The molecule has 0 fully saturated rings. The fourth-order valence-corrected chi connectivity index (χ4v) is 4.66. The Morgan fingerprint density at radius 3 is 2.63 bits per heavy atom. The van der Waals surface area contributed by atoms with Crippen molar-refractivity contribution in [1.82, 2.24) is 9.66 Å². The number of benzene rings is 4. The Bertz CT molecular complexity index is 2050. The van der Waals surface area contributed by atoms with Crippen molar-refractivity contribution in [2.75, 3.05) is 0 Å². The van der Waals surface area contributed by atoms with E-state index in [9.17, 15) is 14.9 Å². The first-order chi connectivity index (χ1) is 19.9. The number of rotatable bonds is 7. The Morgan fingerprint density at radius 2 is 1.80 bits per heavy atom. The van der Waals surface area contributed by atoms with Crippen LogP contribution in [0.3, 0.4) is 0 Å². The number of aromatic nitrogens is 2. The van der Waals surface area contributed by atoms with Gasteiger partial charge in [0.1, 0.15) is 12.2 Å². The minimum absolute atomic E-state index is 0.0537. The van der Waals surface area contributed by atoms with Crippen molar-refractivity contribution in [3.8, 4) is 17.3 Å². The molecule has 6 aromatic rings. The Hall–Kier alpha value is -4.99. The molecule has 2 aromatic heterocycles. The van der Waals surface area contributed by atoms with Gasteiger partial charge in [0.05, 0.1) is 22.0 Å². The van der Waals surface area contributed by atoms with Gasteiger partial charge in [-0.2, -0.15) is 9.78 Å². The summed E-state index contributed by atoms with van der Waals surface area (Å²) in [6.07, 6.45) is 1.34. The maximum absolute atomic E-state index is 13.5. The summed E-state index contributed by atoms with van der Waals surface area (Å²) in [7, 11) is 0. The molecule has 0 aliphatic carbocycles. The first-order valence-electron chi connectivity index (χ1n) is 12.3. The second-order valence-electron chi connectivity index (χ2n) is 8.97. The standard InChI is InChI=1S/C30H18Cl2N4O5/c31-21-10-12-26-20(14-21)15-28(41-26)29-34-24-8-4-2-6-22(24)30(37)35(29)33-16-18-9-11-27(25(13-18)36(38)39)40-17-19-5-1-3-7-23(19)32/h1-16H,17H2. The molecule has 0 N–H and O–H groups in total. The molecule has 0 saturated carbocycles. The molecule has 0 bridgehead atoms. The van der Waals surface area contributed by atoms with Crippen LogP contribution >= 0.6 is 23.2 Å². The number of nitro groups is 1. The molecule has 0 amide bonds. The first kappa shape index (κ1) is 26.2. The number of halogens is 2. The molecule has 0 saturated heterocycles. The summed E-state index contributed by atoms with van der Waals surface area (Å²) in [5, 5.41) is 18.3. The van der Waals surface area contributed by atoms with Gasteiger partial charge < -0.3 is 9.15 Å². The van der Waals surface area contributed by atoms with Crippen molar-refractivity contribution in [3.05, 3.63) is 133 Å². The van der Waals surface area contributed by atoms with E-state index in [4.69, 9.17) is 32.4 Å². The highest BCUT2D eigenvalue weighted by atomic mass is 35.5. The van der Waals surface area contributed by atoms with E-state index in [2.05, 4.69) is 10.1 Å². The molecular formula is C30H18Cl2N4O5. The minimum atomic E-state index is -0.548. The Morgan fingerprint density at radius 1 is 1.00 bits per heavy atom. The lowest BCUT2D eigenvalue weighted by atomic mass is 10.2. The van der Waals surface area contributed by atoms with Crippen molar-refractivity contribution >= 4 is 57.0 Å². The van der Waals surface area contributed by atoms with Gasteiger partial charge in [-0.05, 0) is 54.6 Å². The first-order valence-corrected chi connectivity index (χ1v) is 13.0. The van der Waals surface area contributed by atoms with Crippen LogP contribution in [0.1, 0.15) is 11.1 Å². The number of furan rings is 1. The van der Waals surface area contributed by atoms with Gasteiger partial charge in [0, 0.05) is 32.6 Å². The molecule has 11 heteroatoms. The molecule has 0 aliphatic heterocycles. The molecule has 0 atom stereocenters. The third-order valence-electron chi connectivity index (χ3n) is 6.30. The lowest BCUT2D eigenvalue weighted by Gasteiger charge is -2.09. The number of hydrogen-bond acceptors (Lipinski definition) is 7. The maximum Gasteiger partial charge on any atom is 0.311 e. The zero-order chi connectivity index (χ0) is 28.5. The van der Waals surface area contributed by atoms with Crippen LogP contribution in [0, 0.1) is 10.1 Å². The summed E-state index contributed by atoms with van der Waals surface area (Å²) in [5.74, 6) is 0.529. The Labute approximate surface area is 242 Å². The van der Waals surface area contributed by atoms with Crippen molar-refractivity contribution in [2.24, 2.45) is 5.10 Å². The molecule has 202 valence electrons. The molecule has 9 nitrogen and oxygen atoms in total. The van der Waals surface area contributed by atoms with Crippen molar-refractivity contribution in [1.29, 1.82) is 0 Å². The summed E-state index contributed by atoms with van der Waals surface area (Å²) in [6, 6.07) is 25.2. The minimum Gasteiger partial charge on any atom is -0.482 e. The highest BCUT2D eigenvalue weighted by Gasteiger charge is 2.18. The normalized spacial score (nSPS) is 11.5. The zero-order valence-electron chi connectivity index (χ0n) is 21.0. The third-order valence-corrected chi connectivity index (χ3v) is 6.90. The Balaban J connectivity index is 1.40. The smallest absolute Gasteiger partial charge is 0.311 e. The van der Waals surface area contributed by atoms with Gasteiger partial charge in [-0.3, -0.25) is 14.9 Å². The van der Waals surface area contributed by atoms with E-state index in [0.717, 1.165) is 10.1 Å². The maximum atomic E-state index is 13.5. The van der Waals surface area contributed by atoms with E-state index < -0.39 is 10.5 Å². The molecule has 0 radical (unpaired) electrons. The number of para-hydroxylation sites is 1. The van der Waals surface area contributed by atoms with Gasteiger partial charge in [-0.15, -0.1) is 0 Å². The summed E-state index contributed by atoms with van der Waals surface area (Å²) < 4.78 is 12.8. The van der Waals surface area contributed by atoms with Gasteiger partial charge >= 0.3 is 5.69 Å². The molecule has 2 heterocycles. The largest absolute Gasteiger partial charge is 0.482 e. The SMILES string of the molecule is O=c1c2ccccc2nc(-c2cc3cc(Cl)ccc3o2)n1N=Cc1ccc(OCc2ccccc2Cl)c([N+](=O)[O-])c1. The van der Waals surface area contributed by atoms with Crippen molar-refractivity contribution in [3.63, 3.8) is 0 Å². The van der Waals surface area contributed by atoms with E-state index in [1.54, 1.807) is 78.9 Å². The second kappa shape index (κ2) is 10.9. The average Bonchev–Trinajstić information content (AvgIpc) is 3.39. The number of nitro benzene ring substituents is 1. The molecular weight excluding hydrogens is 567 g/mol. The average molecular weight is 585 g/mol. The lowest BCUT2D eigenvalue weighted by molar-refractivity contribution is -0.385.